The Hall–Kier alpha value is -2.73. The van der Waals surface area contributed by atoms with E-state index in [2.05, 4.69) is 10.6 Å². The lowest BCUT2D eigenvalue weighted by Gasteiger charge is -2.11. The molecular weight excluding hydrogens is 318 g/mol. The van der Waals surface area contributed by atoms with Gasteiger partial charge in [0.05, 0.1) is 23.0 Å². The van der Waals surface area contributed by atoms with E-state index in [9.17, 15) is 9.59 Å². The summed E-state index contributed by atoms with van der Waals surface area (Å²) in [7, 11) is 0. The molecular formula is C16H16ClN3O3. The van der Waals surface area contributed by atoms with Gasteiger partial charge in [-0.3, -0.25) is 9.59 Å². The third kappa shape index (κ3) is 4.37. The number of carbonyl (C=O) groups excluding carboxylic acids is 2. The van der Waals surface area contributed by atoms with E-state index < -0.39 is 11.8 Å². The van der Waals surface area contributed by atoms with Crippen molar-refractivity contribution >= 4 is 40.5 Å². The van der Waals surface area contributed by atoms with Crippen LogP contribution in [0.3, 0.4) is 0 Å². The predicted molar refractivity (Wildman–Crippen MR) is 90.7 cm³/mol. The van der Waals surface area contributed by atoms with Gasteiger partial charge in [0.2, 0.25) is 0 Å². The second kappa shape index (κ2) is 7.51. The topological polar surface area (TPSA) is 93.4 Å². The third-order valence-corrected chi connectivity index (χ3v) is 3.23. The van der Waals surface area contributed by atoms with E-state index in [1.807, 2.05) is 6.92 Å². The highest BCUT2D eigenvalue weighted by atomic mass is 35.5. The lowest BCUT2D eigenvalue weighted by Crippen LogP contribution is -2.29. The van der Waals surface area contributed by atoms with Crippen LogP contribution in [-0.2, 0) is 9.59 Å². The standard InChI is InChI=1S/C16H16ClN3O3/c1-2-23-14-6-4-3-5-13(14)20-16(22)15(21)19-10-7-8-12(18)11(17)9-10/h3-9H,2,18H2,1H3,(H,19,21)(H,20,22). The first-order valence-electron chi connectivity index (χ1n) is 6.90. The Kier molecular flexibility index (Phi) is 5.43. The molecule has 120 valence electrons. The molecule has 7 heteroatoms. The largest absolute Gasteiger partial charge is 0.492 e. The number of nitrogens with one attached hydrogen (secondary N) is 2. The first-order chi connectivity index (χ1) is 11.0. The molecule has 0 radical (unpaired) electrons. The highest BCUT2D eigenvalue weighted by molar-refractivity contribution is 6.44. The van der Waals surface area contributed by atoms with E-state index in [-0.39, 0.29) is 0 Å². The van der Waals surface area contributed by atoms with Crippen molar-refractivity contribution in [3.05, 3.63) is 47.5 Å². The maximum Gasteiger partial charge on any atom is 0.314 e. The van der Waals surface area contributed by atoms with Crippen LogP contribution in [0.5, 0.6) is 5.75 Å². The zero-order valence-corrected chi connectivity index (χ0v) is 13.2. The van der Waals surface area contributed by atoms with Crippen molar-refractivity contribution in [2.75, 3.05) is 23.0 Å². The van der Waals surface area contributed by atoms with Crippen LogP contribution in [-0.4, -0.2) is 18.4 Å². The minimum Gasteiger partial charge on any atom is -0.492 e. The average Bonchev–Trinajstić information content (AvgIpc) is 2.53. The molecule has 2 aromatic carbocycles. The van der Waals surface area contributed by atoms with Gasteiger partial charge < -0.3 is 21.1 Å². The Bertz CT molecular complexity index is 734. The van der Waals surface area contributed by atoms with Gasteiger partial charge in [-0.2, -0.15) is 0 Å². The number of anilines is 3. The van der Waals surface area contributed by atoms with Crippen molar-refractivity contribution in [1.82, 2.24) is 0 Å². The van der Waals surface area contributed by atoms with Crippen LogP contribution < -0.4 is 21.1 Å². The first-order valence-corrected chi connectivity index (χ1v) is 7.28. The minimum atomic E-state index is -0.822. The summed E-state index contributed by atoms with van der Waals surface area (Å²) in [5, 5.41) is 5.25. The molecule has 2 rings (SSSR count). The monoisotopic (exact) mass is 333 g/mol. The summed E-state index contributed by atoms with van der Waals surface area (Å²) in [5.41, 5.74) is 6.78. The molecule has 0 heterocycles. The van der Waals surface area contributed by atoms with Crippen LogP contribution in [0.25, 0.3) is 0 Å². The van der Waals surface area contributed by atoms with Crippen LogP contribution in [0, 0.1) is 0 Å². The zero-order valence-electron chi connectivity index (χ0n) is 12.4. The number of para-hydroxylation sites is 2. The van der Waals surface area contributed by atoms with Crippen LogP contribution in [0.2, 0.25) is 5.02 Å². The lowest BCUT2D eigenvalue weighted by molar-refractivity contribution is -0.133. The van der Waals surface area contributed by atoms with E-state index >= 15 is 0 Å². The Balaban J connectivity index is 2.05. The van der Waals surface area contributed by atoms with Crippen molar-refractivity contribution < 1.29 is 14.3 Å². The van der Waals surface area contributed by atoms with Gasteiger partial charge in [-0.05, 0) is 37.3 Å². The number of nitrogens with two attached hydrogens (primary N) is 1. The number of ether oxygens (including phenoxy) is 1. The van der Waals surface area contributed by atoms with Gasteiger partial charge in [0.1, 0.15) is 5.75 Å². The number of hydrogen-bond donors (Lipinski definition) is 3. The smallest absolute Gasteiger partial charge is 0.314 e. The van der Waals surface area contributed by atoms with E-state index in [0.717, 1.165) is 0 Å². The fourth-order valence-corrected chi connectivity index (χ4v) is 2.00. The molecule has 0 bridgehead atoms. The number of carbonyl (C=O) groups is 2. The van der Waals surface area contributed by atoms with Crippen molar-refractivity contribution in [3.8, 4) is 5.75 Å². The quantitative estimate of drug-likeness (QED) is 0.592. The summed E-state index contributed by atoms with van der Waals surface area (Å²) < 4.78 is 5.39. The van der Waals surface area contributed by atoms with Crippen molar-refractivity contribution in [1.29, 1.82) is 0 Å². The average molecular weight is 334 g/mol. The minimum absolute atomic E-state index is 0.296. The normalized spacial score (nSPS) is 10.0. The van der Waals surface area contributed by atoms with Gasteiger partial charge >= 0.3 is 11.8 Å². The Labute approximate surface area is 138 Å². The summed E-state index contributed by atoms with van der Waals surface area (Å²) >= 11 is 5.87. The van der Waals surface area contributed by atoms with Gasteiger partial charge in [0.15, 0.2) is 0 Å². The summed E-state index contributed by atoms with van der Waals surface area (Å²) in [6, 6.07) is 11.4. The molecule has 0 fully saturated rings. The Morgan fingerprint density at radius 3 is 2.52 bits per heavy atom. The van der Waals surface area contributed by atoms with Crippen LogP contribution in [0.1, 0.15) is 6.92 Å². The fraction of sp³-hybridized carbons (Fsp3) is 0.125. The molecule has 6 nitrogen and oxygen atoms in total. The van der Waals surface area contributed by atoms with Crippen molar-refractivity contribution in [2.24, 2.45) is 0 Å². The van der Waals surface area contributed by atoms with Gasteiger partial charge in [0, 0.05) is 5.69 Å². The summed E-state index contributed by atoms with van der Waals surface area (Å²) in [6.45, 7) is 2.28. The molecule has 0 aliphatic heterocycles. The van der Waals surface area contributed by atoms with E-state index in [4.69, 9.17) is 22.1 Å². The molecule has 0 aliphatic rings. The maximum atomic E-state index is 12.0. The Morgan fingerprint density at radius 1 is 1.13 bits per heavy atom. The zero-order chi connectivity index (χ0) is 16.8. The highest BCUT2D eigenvalue weighted by Gasteiger charge is 2.16. The first kappa shape index (κ1) is 16.6. The molecule has 2 amide bonds. The molecule has 23 heavy (non-hydrogen) atoms. The van der Waals surface area contributed by atoms with Gasteiger partial charge in [-0.25, -0.2) is 0 Å². The van der Waals surface area contributed by atoms with Crippen molar-refractivity contribution in [2.45, 2.75) is 6.92 Å². The molecule has 0 aromatic heterocycles. The highest BCUT2D eigenvalue weighted by Crippen LogP contribution is 2.24. The number of rotatable bonds is 4. The molecule has 2 aromatic rings. The molecule has 4 N–H and O–H groups in total. The maximum absolute atomic E-state index is 12.0. The summed E-state index contributed by atoms with van der Waals surface area (Å²) in [4.78, 5) is 23.9. The molecule has 0 spiro atoms. The molecule has 0 saturated carbocycles. The number of halogens is 1. The van der Waals surface area contributed by atoms with Crippen LogP contribution in [0.15, 0.2) is 42.5 Å². The summed E-state index contributed by atoms with van der Waals surface area (Å²) in [5.74, 6) is -1.14. The van der Waals surface area contributed by atoms with Gasteiger partial charge in [-0.15, -0.1) is 0 Å². The number of hydrogen-bond acceptors (Lipinski definition) is 4. The summed E-state index contributed by atoms with van der Waals surface area (Å²) in [6.07, 6.45) is 0. The van der Waals surface area contributed by atoms with Gasteiger partial charge in [0.25, 0.3) is 0 Å². The number of amides is 2. The van der Waals surface area contributed by atoms with E-state index in [1.165, 1.54) is 6.07 Å². The third-order valence-electron chi connectivity index (χ3n) is 2.90. The molecule has 0 aliphatic carbocycles. The molecule has 0 atom stereocenters. The SMILES string of the molecule is CCOc1ccccc1NC(=O)C(=O)Nc1ccc(N)c(Cl)c1. The van der Waals surface area contributed by atoms with Crippen LogP contribution >= 0.6 is 11.6 Å². The number of benzene rings is 2. The lowest BCUT2D eigenvalue weighted by atomic mass is 10.2. The fourth-order valence-electron chi connectivity index (χ4n) is 1.82. The second-order valence-corrected chi connectivity index (χ2v) is 4.98. The van der Waals surface area contributed by atoms with Gasteiger partial charge in [-0.1, -0.05) is 23.7 Å². The van der Waals surface area contributed by atoms with E-state index in [0.29, 0.717) is 34.4 Å². The molecule has 0 unspecified atom stereocenters. The predicted octanol–water partition coefficient (Wildman–Crippen LogP) is 2.90. The van der Waals surface area contributed by atoms with Crippen LogP contribution in [0.4, 0.5) is 17.1 Å². The second-order valence-electron chi connectivity index (χ2n) is 4.57. The van der Waals surface area contributed by atoms with E-state index in [1.54, 1.807) is 36.4 Å². The molecule has 0 saturated heterocycles. The Morgan fingerprint density at radius 2 is 1.83 bits per heavy atom. The van der Waals surface area contributed by atoms with Crippen molar-refractivity contribution in [3.63, 3.8) is 0 Å². The number of nitrogen functional groups attached to an aromatic ring is 1.